The van der Waals surface area contributed by atoms with E-state index in [1.54, 1.807) is 89.2 Å². The average molecular weight is 1960 g/mol. The number of carbonyl (C=O) groups is 11. The Morgan fingerprint density at radius 3 is 1.44 bits per heavy atom. The van der Waals surface area contributed by atoms with Crippen LogP contribution in [0.15, 0.2) is 254 Å². The first-order valence-corrected chi connectivity index (χ1v) is 50.4. The van der Waals surface area contributed by atoms with Crippen molar-refractivity contribution in [3.8, 4) is 0 Å². The number of rotatable bonds is 62. The lowest BCUT2D eigenvalue weighted by Gasteiger charge is -2.29. The van der Waals surface area contributed by atoms with Crippen LogP contribution in [0.25, 0.3) is 0 Å². The molecule has 9 rings (SSSR count). The van der Waals surface area contributed by atoms with E-state index in [4.69, 9.17) is 28.5 Å². The molecule has 2 unspecified atom stereocenters. The fraction of sp³-hybridized carbons (Fsp3) is 0.416. The normalized spacial score (nSPS) is 13.8. The Labute approximate surface area is 838 Å². The molecule has 0 spiro atoms. The number of hydrogen-bond acceptors (Lipinski definition) is 21. The molecule has 0 saturated heterocycles. The molecule has 7 amide bonds. The van der Waals surface area contributed by atoms with Gasteiger partial charge in [-0.2, -0.15) is 11.8 Å². The molecular weight excluding hydrogens is 1820 g/mol. The summed E-state index contributed by atoms with van der Waals surface area (Å²) in [7, 11) is 0. The maximum Gasteiger partial charge on any atom is 0.407 e. The zero-order chi connectivity index (χ0) is 102. The molecule has 7 N–H and O–H groups in total. The average Bonchev–Trinajstić information content (AvgIpc) is 0.831. The highest BCUT2D eigenvalue weighted by Gasteiger charge is 2.39. The van der Waals surface area contributed by atoms with Gasteiger partial charge in [0, 0.05) is 80.5 Å². The molecule has 0 bridgehead atoms. The number of aryl methyl sites for hydroxylation is 5. The Balaban J connectivity index is 1.07. The monoisotopic (exact) mass is 1960 g/mol. The topological polar surface area (TPSA) is 383 Å². The number of ether oxygens (including phenoxy) is 5. The molecular formula is C113H139N9O19S. The molecule has 9 aromatic rings. The highest BCUT2D eigenvalue weighted by molar-refractivity contribution is 7.98. The number of hydrogen-bond donors (Lipinski definition) is 7. The third kappa shape index (κ3) is 40.4. The summed E-state index contributed by atoms with van der Waals surface area (Å²) in [6.07, 6.45) is 3.13. The van der Waals surface area contributed by atoms with Gasteiger partial charge in [0.2, 0.25) is 23.6 Å². The van der Waals surface area contributed by atoms with Crippen molar-refractivity contribution in [3.05, 3.63) is 326 Å². The molecule has 0 aliphatic carbocycles. The van der Waals surface area contributed by atoms with Crippen molar-refractivity contribution in [2.45, 2.75) is 214 Å². The van der Waals surface area contributed by atoms with Crippen LogP contribution in [0, 0.1) is 46.6 Å². The zero-order valence-electron chi connectivity index (χ0n) is 83.3. The first kappa shape index (κ1) is 112. The summed E-state index contributed by atoms with van der Waals surface area (Å²) >= 11 is 1.52. The predicted octanol–water partition coefficient (Wildman–Crippen LogP) is 16.4. The number of thioether (sulfide) groups is 1. The smallest absolute Gasteiger partial charge is 0.407 e. The van der Waals surface area contributed by atoms with Crippen molar-refractivity contribution in [2.24, 2.45) is 34.7 Å². The molecule has 0 aliphatic heterocycles. The number of benzene rings is 9. The quantitative estimate of drug-likeness (QED) is 0.00612. The van der Waals surface area contributed by atoms with Crippen LogP contribution >= 0.6 is 11.8 Å². The van der Waals surface area contributed by atoms with E-state index in [1.165, 1.54) is 36.0 Å². The number of alkyl carbamates (subject to hydrolysis) is 1. The van der Waals surface area contributed by atoms with Crippen LogP contribution in [-0.4, -0.2) is 176 Å². The van der Waals surface area contributed by atoms with Crippen LogP contribution in [0.3, 0.4) is 0 Å². The van der Waals surface area contributed by atoms with Gasteiger partial charge in [-0.15, -0.1) is 0 Å². The van der Waals surface area contributed by atoms with E-state index in [1.807, 2.05) is 192 Å². The number of nitrogens with zero attached hydrogens (tertiary/aromatic N) is 2. The van der Waals surface area contributed by atoms with Gasteiger partial charge in [-0.25, -0.2) is 14.4 Å². The van der Waals surface area contributed by atoms with E-state index in [9.17, 15) is 34.1 Å². The second-order valence-corrected chi connectivity index (χ2v) is 38.1. The second kappa shape index (κ2) is 60.2. The molecule has 0 fully saturated rings. The summed E-state index contributed by atoms with van der Waals surface area (Å²) in [5.74, 6) is -10.2. The Bertz CT molecular complexity index is 5490. The highest BCUT2D eigenvalue weighted by Crippen LogP contribution is 2.26. The number of carbonyl (C=O) groups excluding carboxylic acids is 11. The lowest BCUT2D eigenvalue weighted by molar-refractivity contribution is -0.384. The highest BCUT2D eigenvalue weighted by atomic mass is 32.2. The zero-order valence-corrected chi connectivity index (χ0v) is 84.1. The largest absolute Gasteiger partial charge is 0.444 e. The summed E-state index contributed by atoms with van der Waals surface area (Å²) in [6, 6.07) is 67.9. The maximum atomic E-state index is 16.2. The van der Waals surface area contributed by atoms with Gasteiger partial charge in [0.05, 0.1) is 74.0 Å². The Morgan fingerprint density at radius 1 is 0.458 bits per heavy atom. The molecule has 0 heterocycles. The first-order chi connectivity index (χ1) is 68.4. The van der Waals surface area contributed by atoms with Gasteiger partial charge < -0.3 is 65.7 Å². The molecule has 0 radical (unpaired) electrons. The molecule has 0 aromatic heterocycles. The number of Topliss-reactive ketones (excluding diaryl/α,β-unsaturated/α-hetero) is 4. The third-order valence-corrected chi connectivity index (χ3v) is 25.3. The van der Waals surface area contributed by atoms with Gasteiger partial charge in [0.1, 0.15) is 35.8 Å². The number of amides is 7. The summed E-state index contributed by atoms with van der Waals surface area (Å²) < 4.78 is 30.0. The minimum Gasteiger partial charge on any atom is -0.444 e. The van der Waals surface area contributed by atoms with Crippen LogP contribution in [0.1, 0.15) is 174 Å². The number of nitrogens with one attached hydrogen (secondary N) is 7. The molecule has 756 valence electrons. The molecule has 28 nitrogen and oxygen atoms in total. The third-order valence-electron chi connectivity index (χ3n) is 24.7. The van der Waals surface area contributed by atoms with Crippen molar-refractivity contribution < 1.29 is 86.2 Å². The van der Waals surface area contributed by atoms with E-state index in [0.29, 0.717) is 77.8 Å². The van der Waals surface area contributed by atoms with E-state index < -0.39 is 169 Å². The van der Waals surface area contributed by atoms with Crippen LogP contribution in [0.5, 0.6) is 0 Å². The minimum atomic E-state index is -1.64. The number of urea groups is 1. The molecule has 0 aliphatic rings. The fourth-order valence-electron chi connectivity index (χ4n) is 15.8. The van der Waals surface area contributed by atoms with Gasteiger partial charge in [-0.1, -0.05) is 269 Å². The van der Waals surface area contributed by atoms with Crippen LogP contribution in [-0.2, 0) is 130 Å². The standard InChI is InChI=1S/C113H139N9O19S/c1-11-78(4)99(123)39-28-61-136-62-63-137-76-103(127)117-97(66-86-50-46-83(47-51-86)44-42-81-29-18-13-19-30-81)101(125)70-94(75-138-73-88-35-24-16-25-36-88)109(130)120-105(80(6)139-74-89-37-26-17-27-38-89)102(126)69-93(71-114-111(132)115-72-95(60-64-142-10)116-112(133)140-113(7,8)9)108(129)118-98(67-87-52-48-84(49-53-87)45-43-82-31-20-14-21-32-82)100(124)68-92(65-85-33-22-15-23-34-85)107(128)119-104(79(5)12-2)110(131)141-121-106(90-54-40-77(3)41-55-90)91-56-58-96(59-57-91)122(134)135/h13-27,29-38,40-41,46-59,78-80,92-95,97-98,104-105H,11-12,28,39,42-45,60-76H2,1-10H3,(H,116,133)(H,117,127)(H,118,129)(H,119,128)(H,120,130)(H2,114,115,132)/b121-106-/t78-,79?,80?,92+,93-,94-,95+,97-,98-,104-,105-/m0/s1. The van der Waals surface area contributed by atoms with E-state index in [0.717, 1.165) is 59.1 Å². The van der Waals surface area contributed by atoms with E-state index >= 15 is 28.8 Å². The van der Waals surface area contributed by atoms with Crippen molar-refractivity contribution >= 4 is 88.0 Å². The number of nitro groups is 1. The van der Waals surface area contributed by atoms with Gasteiger partial charge >= 0.3 is 18.1 Å². The molecule has 0 saturated carbocycles. The number of oxime groups is 1. The summed E-state index contributed by atoms with van der Waals surface area (Å²) in [4.78, 5) is 181. The number of nitro benzene ring substituents is 1. The SMILES string of the molecule is CCC(C)[C@H](NC(=O)[C@@H](CC(=O)[C@H](Cc1ccc(CCc2ccccc2)cc1)NC(=O)[C@H](CNC(=O)NC[C@@H](CCSC)NC(=O)OC(C)(C)C)CC(=O)[C@@H](NC(=O)[C@H](COCc1ccccc1)CC(=O)[C@H](Cc1ccc(CCc2ccccc2)cc1)NC(=O)COCCOCCCC(=O)[C@@H](C)CC)C(C)OCc1ccccc1)Cc1ccccc1)C(=O)O/N=C(/c1ccc(C)cc1)c1ccc([N+](=O)[O-])cc1. The molecule has 9 aromatic carbocycles. The second-order valence-electron chi connectivity index (χ2n) is 37.1. The van der Waals surface area contributed by atoms with Crippen LogP contribution in [0.2, 0.25) is 0 Å². The summed E-state index contributed by atoms with van der Waals surface area (Å²) in [6.45, 7) is 14.9. The van der Waals surface area contributed by atoms with Crippen LogP contribution in [0.4, 0.5) is 15.3 Å². The van der Waals surface area contributed by atoms with Gasteiger partial charge in [-0.3, -0.25) is 48.5 Å². The Hall–Kier alpha value is -13.2. The number of ketones is 4. The predicted molar refractivity (Wildman–Crippen MR) is 550 cm³/mol. The van der Waals surface area contributed by atoms with E-state index in [-0.39, 0.29) is 75.3 Å². The van der Waals surface area contributed by atoms with Crippen molar-refractivity contribution in [3.63, 3.8) is 0 Å². The van der Waals surface area contributed by atoms with Gasteiger partial charge in [-0.05, 0) is 179 Å². The fourth-order valence-corrected chi connectivity index (χ4v) is 16.3. The van der Waals surface area contributed by atoms with Crippen molar-refractivity contribution in [1.29, 1.82) is 0 Å². The van der Waals surface area contributed by atoms with Gasteiger partial charge in [0.15, 0.2) is 17.3 Å². The first-order valence-electron chi connectivity index (χ1n) is 49.0. The van der Waals surface area contributed by atoms with Crippen molar-refractivity contribution in [2.75, 3.05) is 58.1 Å². The summed E-state index contributed by atoms with van der Waals surface area (Å²) in [5, 5.41) is 36.3. The van der Waals surface area contributed by atoms with Gasteiger partial charge in [0.25, 0.3) is 5.69 Å². The van der Waals surface area contributed by atoms with Crippen molar-refractivity contribution in [1.82, 2.24) is 37.2 Å². The number of non-ortho nitro benzene ring substituents is 1. The Morgan fingerprint density at radius 2 is 0.915 bits per heavy atom. The molecule has 142 heavy (non-hydrogen) atoms. The summed E-state index contributed by atoms with van der Waals surface area (Å²) in [5.41, 5.74) is 8.58. The van der Waals surface area contributed by atoms with E-state index in [2.05, 4.69) is 54.5 Å². The molecule has 29 heteroatoms. The lowest BCUT2D eigenvalue weighted by Crippen LogP contribution is -2.54. The van der Waals surface area contributed by atoms with Crippen LogP contribution < -0.4 is 37.2 Å². The minimum absolute atomic E-state index is 0.00963. The maximum absolute atomic E-state index is 16.2. The Kier molecular flexibility index (Phi) is 47.6. The lowest BCUT2D eigenvalue weighted by atomic mass is 9.88. The molecule has 11 atom stereocenters.